The quantitative estimate of drug-likeness (QED) is 0.674. The van der Waals surface area contributed by atoms with Crippen molar-refractivity contribution in [2.75, 3.05) is 7.05 Å². The van der Waals surface area contributed by atoms with E-state index in [1.807, 2.05) is 0 Å². The van der Waals surface area contributed by atoms with Crippen LogP contribution in [0.25, 0.3) is 0 Å². The third kappa shape index (κ3) is 1.74. The number of carbonyl (C=O) groups is 1. The summed E-state index contributed by atoms with van der Waals surface area (Å²) in [6.07, 6.45) is 3.19. The Labute approximate surface area is 76.5 Å². The molecule has 1 amide bonds. The second-order valence-corrected chi connectivity index (χ2v) is 2.49. The van der Waals surface area contributed by atoms with Crippen LogP contribution in [0.5, 0.6) is 0 Å². The summed E-state index contributed by atoms with van der Waals surface area (Å²) in [6.45, 7) is 1.79. The second-order valence-electron chi connectivity index (χ2n) is 2.49. The van der Waals surface area contributed by atoms with E-state index in [2.05, 4.69) is 15.3 Å². The summed E-state index contributed by atoms with van der Waals surface area (Å²) in [5.41, 5.74) is 0.350. The van der Waals surface area contributed by atoms with E-state index in [4.69, 9.17) is 0 Å². The van der Waals surface area contributed by atoms with E-state index in [1.165, 1.54) is 0 Å². The molecular weight excluding hydrogens is 168 g/mol. The number of hydrogen-bond donors (Lipinski definition) is 1. The number of carbonyl (C=O) groups excluding carboxylic acids is 1. The molecule has 0 aliphatic rings. The van der Waals surface area contributed by atoms with E-state index in [9.17, 15) is 4.79 Å². The molecule has 1 rings (SSSR count). The van der Waals surface area contributed by atoms with Gasteiger partial charge in [0.2, 0.25) is 0 Å². The summed E-state index contributed by atoms with van der Waals surface area (Å²) in [5.74, 6) is 0.350. The van der Waals surface area contributed by atoms with E-state index < -0.39 is 0 Å². The van der Waals surface area contributed by atoms with Gasteiger partial charge in [-0.05, 0) is 6.92 Å². The lowest BCUT2D eigenvalue weighted by molar-refractivity contribution is 0.0959. The zero-order chi connectivity index (χ0) is 9.84. The lowest BCUT2D eigenvalue weighted by Gasteiger charge is -1.98. The van der Waals surface area contributed by atoms with Gasteiger partial charge < -0.3 is 9.88 Å². The van der Waals surface area contributed by atoms with Crippen LogP contribution in [-0.4, -0.2) is 28.7 Å². The molecule has 5 nitrogen and oxygen atoms in total. The fourth-order valence-electron chi connectivity index (χ4n) is 0.977. The molecule has 0 unspecified atom stereocenters. The molecule has 0 saturated heterocycles. The minimum absolute atomic E-state index is 0.221. The number of aryl methyl sites for hydroxylation is 1. The van der Waals surface area contributed by atoms with Gasteiger partial charge in [0.1, 0.15) is 0 Å². The van der Waals surface area contributed by atoms with Crippen LogP contribution in [-0.2, 0) is 7.05 Å². The van der Waals surface area contributed by atoms with Gasteiger partial charge >= 0.3 is 0 Å². The van der Waals surface area contributed by atoms with Gasteiger partial charge in [0.15, 0.2) is 11.5 Å². The minimum atomic E-state index is -0.221. The Morgan fingerprint density at radius 3 is 3.00 bits per heavy atom. The molecule has 0 atom stereocenters. The molecule has 0 saturated carbocycles. The molecular formula is C8H12N4O. The molecule has 1 aromatic rings. The third-order valence-corrected chi connectivity index (χ3v) is 1.60. The average Bonchev–Trinajstić information content (AvgIpc) is 2.48. The van der Waals surface area contributed by atoms with Crippen LogP contribution in [0.4, 0.5) is 5.82 Å². The van der Waals surface area contributed by atoms with Crippen LogP contribution < -0.4 is 5.32 Å². The van der Waals surface area contributed by atoms with Gasteiger partial charge in [0.25, 0.3) is 5.91 Å². The van der Waals surface area contributed by atoms with Gasteiger partial charge in [0, 0.05) is 20.3 Å². The molecule has 0 radical (unpaired) electrons. The van der Waals surface area contributed by atoms with E-state index in [-0.39, 0.29) is 5.91 Å². The molecule has 1 heterocycles. The number of imidazole rings is 1. The minimum Gasteiger partial charge on any atom is -0.354 e. The monoisotopic (exact) mass is 180 g/mol. The summed E-state index contributed by atoms with van der Waals surface area (Å²) in [4.78, 5) is 19.3. The molecule has 13 heavy (non-hydrogen) atoms. The van der Waals surface area contributed by atoms with Crippen molar-refractivity contribution in [3.05, 3.63) is 12.0 Å². The van der Waals surface area contributed by atoms with Gasteiger partial charge in [-0.3, -0.25) is 4.79 Å². The molecule has 1 N–H and O–H groups in total. The normalized spacial score (nSPS) is 10.7. The molecule has 0 bridgehead atoms. The second kappa shape index (κ2) is 3.84. The summed E-state index contributed by atoms with van der Waals surface area (Å²) in [5, 5.41) is 2.50. The number of aromatic nitrogens is 2. The van der Waals surface area contributed by atoms with Gasteiger partial charge in [-0.2, -0.15) is 0 Å². The van der Waals surface area contributed by atoms with Crippen molar-refractivity contribution in [2.24, 2.45) is 12.0 Å². The number of rotatable bonds is 2. The smallest absolute Gasteiger partial charge is 0.273 e. The Bertz CT molecular complexity index is 340. The molecule has 1 aromatic heterocycles. The number of hydrogen-bond acceptors (Lipinski definition) is 3. The van der Waals surface area contributed by atoms with E-state index in [0.29, 0.717) is 11.5 Å². The number of nitrogens with one attached hydrogen (secondary N) is 1. The van der Waals surface area contributed by atoms with Crippen LogP contribution in [0.2, 0.25) is 0 Å². The average molecular weight is 180 g/mol. The standard InChI is InChI=1S/C8H12N4O/c1-4-10-7-6(8(13)9-2)11-5-12(7)3/h4-5H,1-3H3,(H,9,13). The maximum atomic E-state index is 11.3. The Balaban J connectivity index is 3.14. The highest BCUT2D eigenvalue weighted by Crippen LogP contribution is 2.15. The van der Waals surface area contributed by atoms with Crippen molar-refractivity contribution in [3.63, 3.8) is 0 Å². The fourth-order valence-corrected chi connectivity index (χ4v) is 0.977. The van der Waals surface area contributed by atoms with Crippen molar-refractivity contribution in [1.29, 1.82) is 0 Å². The van der Waals surface area contributed by atoms with Crippen molar-refractivity contribution >= 4 is 17.9 Å². The van der Waals surface area contributed by atoms with Gasteiger partial charge in [0.05, 0.1) is 6.33 Å². The highest BCUT2D eigenvalue weighted by atomic mass is 16.1. The molecule has 0 aliphatic heterocycles. The Morgan fingerprint density at radius 2 is 2.46 bits per heavy atom. The fraction of sp³-hybridized carbons (Fsp3) is 0.375. The number of nitrogens with zero attached hydrogens (tertiary/aromatic N) is 3. The first-order chi connectivity index (χ1) is 6.20. The Hall–Kier alpha value is -1.65. The van der Waals surface area contributed by atoms with Crippen molar-refractivity contribution in [2.45, 2.75) is 6.92 Å². The van der Waals surface area contributed by atoms with E-state index in [0.717, 1.165) is 0 Å². The van der Waals surface area contributed by atoms with Crippen LogP contribution >= 0.6 is 0 Å². The first-order valence-electron chi connectivity index (χ1n) is 3.92. The maximum Gasteiger partial charge on any atom is 0.273 e. The maximum absolute atomic E-state index is 11.3. The Morgan fingerprint density at radius 1 is 1.77 bits per heavy atom. The highest BCUT2D eigenvalue weighted by Gasteiger charge is 2.13. The zero-order valence-corrected chi connectivity index (χ0v) is 7.90. The predicted octanol–water partition coefficient (Wildman–Crippen LogP) is 0.502. The molecule has 0 aromatic carbocycles. The number of aliphatic imine (C=N–C) groups is 1. The van der Waals surface area contributed by atoms with E-state index >= 15 is 0 Å². The summed E-state index contributed by atoms with van der Waals surface area (Å²) in [6, 6.07) is 0. The zero-order valence-electron chi connectivity index (χ0n) is 7.90. The highest BCUT2D eigenvalue weighted by molar-refractivity contribution is 5.96. The SMILES string of the molecule is CC=Nc1c(C(=O)NC)ncn1C. The molecule has 70 valence electrons. The molecule has 0 fully saturated rings. The largest absolute Gasteiger partial charge is 0.354 e. The molecule has 0 aliphatic carbocycles. The van der Waals surface area contributed by atoms with Crippen LogP contribution in [0.3, 0.4) is 0 Å². The van der Waals surface area contributed by atoms with Crippen LogP contribution in [0, 0.1) is 0 Å². The first-order valence-corrected chi connectivity index (χ1v) is 3.92. The van der Waals surface area contributed by atoms with Crippen LogP contribution in [0.1, 0.15) is 17.4 Å². The predicted molar refractivity (Wildman–Crippen MR) is 50.4 cm³/mol. The third-order valence-electron chi connectivity index (χ3n) is 1.60. The molecule has 5 heteroatoms. The lowest BCUT2D eigenvalue weighted by atomic mass is 10.4. The van der Waals surface area contributed by atoms with Crippen LogP contribution in [0.15, 0.2) is 11.3 Å². The summed E-state index contributed by atoms with van der Waals surface area (Å²) >= 11 is 0. The lowest BCUT2D eigenvalue weighted by Crippen LogP contribution is -2.18. The van der Waals surface area contributed by atoms with Crippen molar-refractivity contribution in [1.82, 2.24) is 14.9 Å². The topological polar surface area (TPSA) is 59.3 Å². The van der Waals surface area contributed by atoms with Gasteiger partial charge in [-0.15, -0.1) is 0 Å². The van der Waals surface area contributed by atoms with E-state index in [1.54, 1.807) is 38.1 Å². The van der Waals surface area contributed by atoms with Crippen molar-refractivity contribution < 1.29 is 4.79 Å². The van der Waals surface area contributed by atoms with Crippen molar-refractivity contribution in [3.8, 4) is 0 Å². The molecule has 0 spiro atoms. The first kappa shape index (κ1) is 9.44. The number of amides is 1. The Kier molecular flexibility index (Phi) is 2.79. The van der Waals surface area contributed by atoms with Gasteiger partial charge in [-0.1, -0.05) is 0 Å². The van der Waals surface area contributed by atoms with Gasteiger partial charge in [-0.25, -0.2) is 9.98 Å². The summed E-state index contributed by atoms with van der Waals surface area (Å²) in [7, 11) is 3.36. The summed E-state index contributed by atoms with van der Waals surface area (Å²) < 4.78 is 1.70.